The maximum atomic E-state index is 13.1. The van der Waals surface area contributed by atoms with Crippen LogP contribution in [0.1, 0.15) is 79.2 Å². The zero-order valence-corrected chi connectivity index (χ0v) is 24.5. The van der Waals surface area contributed by atoms with E-state index in [2.05, 4.69) is 33.3 Å². The molecule has 1 aromatic carbocycles. The number of aryl methyl sites for hydroxylation is 2. The smallest absolute Gasteiger partial charge is 0.256 e. The molecule has 3 aromatic heterocycles. The minimum atomic E-state index is -0.165. The third kappa shape index (κ3) is 7.11. The molecule has 1 saturated heterocycles. The lowest BCUT2D eigenvalue weighted by Gasteiger charge is -2.17. The Balaban J connectivity index is 0.00000210. The molecule has 0 unspecified atom stereocenters. The van der Waals surface area contributed by atoms with Gasteiger partial charge in [-0.05, 0) is 70.9 Å². The topological polar surface area (TPSA) is 105 Å². The summed E-state index contributed by atoms with van der Waals surface area (Å²) in [5.41, 5.74) is 10.4. The molecular formula is C29H41Cl2N7O. The summed E-state index contributed by atoms with van der Waals surface area (Å²) in [6.07, 6.45) is 11.2. The molecule has 1 aliphatic rings. The number of rotatable bonds is 11. The van der Waals surface area contributed by atoms with Crippen LogP contribution in [0.5, 0.6) is 0 Å². The number of nitrogens with one attached hydrogen (secondary N) is 2. The molecule has 1 atom stereocenters. The van der Waals surface area contributed by atoms with Gasteiger partial charge in [-0.3, -0.25) is 14.4 Å². The fraction of sp³-hybridized carbons (Fsp3) is 0.483. The Labute approximate surface area is 242 Å². The molecule has 10 heteroatoms. The number of unbranched alkanes of at least 4 members (excludes halogenated alkanes) is 5. The van der Waals surface area contributed by atoms with Gasteiger partial charge in [0, 0.05) is 46.9 Å². The SMILES string of the molecule is Cc1nn(CCCCCCCCN)c2cc(C(=O)Nc3cc4[nH]c([C@@H]5CCCN5C)cc4cn3)ccc12.Cl.Cl. The number of nitrogens with zero attached hydrogens (tertiary/aromatic N) is 4. The van der Waals surface area contributed by atoms with Crippen molar-refractivity contribution in [1.82, 2.24) is 24.6 Å². The van der Waals surface area contributed by atoms with Crippen LogP contribution in [-0.4, -0.2) is 50.7 Å². The predicted molar refractivity (Wildman–Crippen MR) is 164 cm³/mol. The molecule has 4 aromatic rings. The van der Waals surface area contributed by atoms with Gasteiger partial charge < -0.3 is 16.0 Å². The molecule has 4 heterocycles. The Morgan fingerprint density at radius 1 is 1.10 bits per heavy atom. The van der Waals surface area contributed by atoms with E-state index in [4.69, 9.17) is 10.8 Å². The van der Waals surface area contributed by atoms with Crippen molar-refractivity contribution in [1.29, 1.82) is 0 Å². The van der Waals surface area contributed by atoms with Crippen molar-refractivity contribution in [2.24, 2.45) is 5.73 Å². The Bertz CT molecular complexity index is 1380. The van der Waals surface area contributed by atoms with Crippen molar-refractivity contribution in [2.75, 3.05) is 25.5 Å². The lowest BCUT2D eigenvalue weighted by Crippen LogP contribution is -2.17. The van der Waals surface area contributed by atoms with Gasteiger partial charge in [0.25, 0.3) is 5.91 Å². The Morgan fingerprint density at radius 3 is 2.62 bits per heavy atom. The number of amides is 1. The fourth-order valence-corrected chi connectivity index (χ4v) is 5.55. The van der Waals surface area contributed by atoms with Crippen LogP contribution in [0.15, 0.2) is 36.5 Å². The quantitative estimate of drug-likeness (QED) is 0.180. The number of benzene rings is 1. The highest BCUT2D eigenvalue weighted by Crippen LogP contribution is 2.32. The third-order valence-electron chi connectivity index (χ3n) is 7.67. The largest absolute Gasteiger partial charge is 0.357 e. The number of anilines is 1. The molecule has 0 bridgehead atoms. The molecule has 39 heavy (non-hydrogen) atoms. The fourth-order valence-electron chi connectivity index (χ4n) is 5.55. The first kappa shape index (κ1) is 30.9. The van der Waals surface area contributed by atoms with E-state index < -0.39 is 0 Å². The highest BCUT2D eigenvalue weighted by Gasteiger charge is 2.24. The number of carbonyl (C=O) groups excluding carboxylic acids is 1. The van der Waals surface area contributed by atoms with Crippen molar-refractivity contribution in [3.63, 3.8) is 0 Å². The Morgan fingerprint density at radius 2 is 1.87 bits per heavy atom. The molecule has 4 N–H and O–H groups in total. The molecule has 0 saturated carbocycles. The zero-order chi connectivity index (χ0) is 25.8. The van der Waals surface area contributed by atoms with E-state index in [0.29, 0.717) is 17.4 Å². The van der Waals surface area contributed by atoms with Crippen LogP contribution in [0.4, 0.5) is 5.82 Å². The number of hydrogen-bond acceptors (Lipinski definition) is 5. The molecular weight excluding hydrogens is 533 g/mol. The van der Waals surface area contributed by atoms with Crippen LogP contribution >= 0.6 is 24.8 Å². The van der Waals surface area contributed by atoms with Crippen LogP contribution < -0.4 is 11.1 Å². The van der Waals surface area contributed by atoms with E-state index in [-0.39, 0.29) is 30.7 Å². The first-order valence-electron chi connectivity index (χ1n) is 13.7. The summed E-state index contributed by atoms with van der Waals surface area (Å²) in [5.74, 6) is 0.381. The molecule has 1 aliphatic heterocycles. The van der Waals surface area contributed by atoms with Crippen LogP contribution in [-0.2, 0) is 6.54 Å². The predicted octanol–water partition coefficient (Wildman–Crippen LogP) is 6.38. The average Bonchev–Trinajstić information content (AvgIpc) is 3.59. The number of aromatic amines is 1. The van der Waals surface area contributed by atoms with Gasteiger partial charge in [-0.25, -0.2) is 4.98 Å². The number of halogens is 2. The zero-order valence-electron chi connectivity index (χ0n) is 22.9. The van der Waals surface area contributed by atoms with Crippen molar-refractivity contribution in [2.45, 2.75) is 70.9 Å². The van der Waals surface area contributed by atoms with Crippen LogP contribution in [0.3, 0.4) is 0 Å². The molecule has 0 spiro atoms. The molecule has 8 nitrogen and oxygen atoms in total. The van der Waals surface area contributed by atoms with Gasteiger partial charge in [0.2, 0.25) is 0 Å². The second kappa shape index (κ2) is 14.1. The van der Waals surface area contributed by atoms with Gasteiger partial charge in [-0.15, -0.1) is 24.8 Å². The Hall–Kier alpha value is -2.65. The van der Waals surface area contributed by atoms with Gasteiger partial charge in [0.1, 0.15) is 5.82 Å². The van der Waals surface area contributed by atoms with Crippen LogP contribution in [0, 0.1) is 6.92 Å². The molecule has 212 valence electrons. The highest BCUT2D eigenvalue weighted by molar-refractivity contribution is 6.06. The highest BCUT2D eigenvalue weighted by atomic mass is 35.5. The number of pyridine rings is 1. The van der Waals surface area contributed by atoms with Gasteiger partial charge in [0.15, 0.2) is 0 Å². The minimum Gasteiger partial charge on any atom is -0.357 e. The van der Waals surface area contributed by atoms with E-state index >= 15 is 0 Å². The first-order chi connectivity index (χ1) is 18.0. The van der Waals surface area contributed by atoms with Crippen molar-refractivity contribution in [3.05, 3.63) is 53.5 Å². The molecule has 1 fully saturated rings. The van der Waals surface area contributed by atoms with Gasteiger partial charge in [-0.1, -0.05) is 31.7 Å². The lowest BCUT2D eigenvalue weighted by molar-refractivity contribution is 0.102. The van der Waals surface area contributed by atoms with Crippen molar-refractivity contribution >= 4 is 58.3 Å². The third-order valence-corrected chi connectivity index (χ3v) is 7.67. The summed E-state index contributed by atoms with van der Waals surface area (Å²) >= 11 is 0. The number of carbonyl (C=O) groups is 1. The van der Waals surface area contributed by atoms with Crippen molar-refractivity contribution in [3.8, 4) is 0 Å². The summed E-state index contributed by atoms with van der Waals surface area (Å²) in [7, 11) is 2.17. The normalized spacial score (nSPS) is 15.4. The number of nitrogens with two attached hydrogens (primary N) is 1. The summed E-state index contributed by atoms with van der Waals surface area (Å²) in [5, 5.41) is 9.89. The van der Waals surface area contributed by atoms with E-state index in [1.54, 1.807) is 0 Å². The Kier molecular flexibility index (Phi) is 11.2. The summed E-state index contributed by atoms with van der Waals surface area (Å²) in [4.78, 5) is 23.6. The molecule has 5 rings (SSSR count). The number of fused-ring (bicyclic) bond motifs is 2. The van der Waals surface area contributed by atoms with Gasteiger partial charge >= 0.3 is 0 Å². The first-order valence-corrected chi connectivity index (χ1v) is 13.7. The lowest BCUT2D eigenvalue weighted by atomic mass is 10.1. The maximum Gasteiger partial charge on any atom is 0.256 e. The van der Waals surface area contributed by atoms with E-state index in [0.717, 1.165) is 66.4 Å². The standard InChI is InChI=1S/C29H39N7O.2ClH/c1-20-23-12-11-21(17-27(23)36(34-20)15-8-6-4-3-5-7-13-30)29(37)33-28-18-24-22(19-31-28)16-25(32-24)26-10-9-14-35(26)2;;/h11-12,16-19,26,32H,3-10,13-15,30H2,1-2H3,(H,31,33,37);2*1H/t26-;;/m0../s1. The van der Waals surface area contributed by atoms with E-state index in [1.165, 1.54) is 37.8 Å². The van der Waals surface area contributed by atoms with E-state index in [9.17, 15) is 4.79 Å². The van der Waals surface area contributed by atoms with Gasteiger partial charge in [-0.2, -0.15) is 5.10 Å². The van der Waals surface area contributed by atoms with Crippen molar-refractivity contribution < 1.29 is 4.79 Å². The number of likely N-dealkylation sites (tertiary alicyclic amines) is 1. The maximum absolute atomic E-state index is 13.1. The monoisotopic (exact) mass is 573 g/mol. The number of hydrogen-bond donors (Lipinski definition) is 3. The average molecular weight is 575 g/mol. The second-order valence-electron chi connectivity index (χ2n) is 10.4. The summed E-state index contributed by atoms with van der Waals surface area (Å²) in [6.45, 7) is 4.79. The van der Waals surface area contributed by atoms with Gasteiger partial charge in [0.05, 0.1) is 16.7 Å². The van der Waals surface area contributed by atoms with E-state index in [1.807, 2.05) is 42.1 Å². The second-order valence-corrected chi connectivity index (χ2v) is 10.4. The number of H-pyrrole nitrogens is 1. The van der Waals surface area contributed by atoms with Crippen LogP contribution in [0.2, 0.25) is 0 Å². The molecule has 1 amide bonds. The summed E-state index contributed by atoms with van der Waals surface area (Å²) < 4.78 is 2.05. The molecule has 0 radical (unpaired) electrons. The molecule has 0 aliphatic carbocycles. The summed E-state index contributed by atoms with van der Waals surface area (Å²) in [6, 6.07) is 10.3. The minimum absolute atomic E-state index is 0. The van der Waals surface area contributed by atoms with Crippen LogP contribution in [0.25, 0.3) is 21.8 Å². The number of aromatic nitrogens is 4.